The van der Waals surface area contributed by atoms with Crippen LogP contribution in [0, 0.1) is 6.92 Å². The van der Waals surface area contributed by atoms with Crippen LogP contribution in [0.25, 0.3) is 0 Å². The van der Waals surface area contributed by atoms with Crippen LogP contribution in [0.1, 0.15) is 49.4 Å². The van der Waals surface area contributed by atoms with Crippen molar-refractivity contribution in [2.75, 3.05) is 19.7 Å². The van der Waals surface area contributed by atoms with Crippen LogP contribution in [-0.2, 0) is 9.53 Å². The van der Waals surface area contributed by atoms with Gasteiger partial charge < -0.3 is 19.4 Å². The number of rotatable bonds is 6. The highest BCUT2D eigenvalue weighted by molar-refractivity contribution is 5.77. The zero-order valence-electron chi connectivity index (χ0n) is 16.3. The Bertz CT molecular complexity index is 785. The molecule has 2 amide bonds. The van der Waals surface area contributed by atoms with E-state index < -0.39 is 0 Å². The fourth-order valence-electron chi connectivity index (χ4n) is 3.38. The molecule has 0 saturated carbocycles. The van der Waals surface area contributed by atoms with Crippen molar-refractivity contribution >= 4 is 12.0 Å². The molecule has 8 nitrogen and oxygen atoms in total. The second-order valence-electron chi connectivity index (χ2n) is 6.85. The van der Waals surface area contributed by atoms with Crippen LogP contribution in [0.5, 0.6) is 0 Å². The number of benzene rings is 1. The standard InChI is InChI=1S/C20H26N4O4/c1-3-27-20(26)24-11-9-16(10-12-24)21-18(25)13-17(15-7-5-4-6-8-15)19-23-22-14(2)28-19/h4-8,16-17H,3,9-13H2,1-2H3,(H,21,25). The summed E-state index contributed by atoms with van der Waals surface area (Å²) in [5.74, 6) is 0.556. The normalized spacial score (nSPS) is 15.9. The molecule has 1 aromatic carbocycles. The first-order valence-electron chi connectivity index (χ1n) is 9.62. The van der Waals surface area contributed by atoms with Crippen LogP contribution in [0.4, 0.5) is 4.79 Å². The van der Waals surface area contributed by atoms with Crippen LogP contribution in [0.2, 0.25) is 0 Å². The Morgan fingerprint density at radius 3 is 2.57 bits per heavy atom. The van der Waals surface area contributed by atoms with Crippen molar-refractivity contribution < 1.29 is 18.7 Å². The number of amides is 2. The number of carbonyl (C=O) groups excluding carboxylic acids is 2. The average molecular weight is 386 g/mol. The highest BCUT2D eigenvalue weighted by Gasteiger charge is 2.27. The maximum absolute atomic E-state index is 12.7. The lowest BCUT2D eigenvalue weighted by atomic mass is 9.94. The fourth-order valence-corrected chi connectivity index (χ4v) is 3.38. The summed E-state index contributed by atoms with van der Waals surface area (Å²) in [7, 11) is 0. The number of hydrogen-bond donors (Lipinski definition) is 1. The van der Waals surface area contributed by atoms with E-state index in [1.54, 1.807) is 18.7 Å². The van der Waals surface area contributed by atoms with E-state index in [9.17, 15) is 9.59 Å². The van der Waals surface area contributed by atoms with Gasteiger partial charge in [0.25, 0.3) is 0 Å². The molecule has 2 heterocycles. The molecule has 2 aromatic rings. The molecular formula is C20H26N4O4. The summed E-state index contributed by atoms with van der Waals surface area (Å²) >= 11 is 0. The van der Waals surface area contributed by atoms with Crippen molar-refractivity contribution in [2.45, 2.75) is 45.1 Å². The number of hydrogen-bond acceptors (Lipinski definition) is 6. The Hall–Kier alpha value is -2.90. The minimum atomic E-state index is -0.290. The third-order valence-corrected chi connectivity index (χ3v) is 4.82. The highest BCUT2D eigenvalue weighted by atomic mass is 16.6. The Kier molecular flexibility index (Phi) is 6.62. The Morgan fingerprint density at radius 2 is 1.96 bits per heavy atom. The predicted molar refractivity (Wildman–Crippen MR) is 102 cm³/mol. The quantitative estimate of drug-likeness (QED) is 0.820. The smallest absolute Gasteiger partial charge is 0.409 e. The van der Waals surface area contributed by atoms with Gasteiger partial charge in [-0.05, 0) is 25.3 Å². The minimum Gasteiger partial charge on any atom is -0.450 e. The van der Waals surface area contributed by atoms with Gasteiger partial charge in [0, 0.05) is 32.5 Å². The topological polar surface area (TPSA) is 97.6 Å². The van der Waals surface area contributed by atoms with Gasteiger partial charge in [-0.2, -0.15) is 0 Å². The third-order valence-electron chi connectivity index (χ3n) is 4.82. The lowest BCUT2D eigenvalue weighted by Gasteiger charge is -2.31. The number of nitrogens with one attached hydrogen (secondary N) is 1. The first-order valence-corrected chi connectivity index (χ1v) is 9.62. The van der Waals surface area contributed by atoms with Gasteiger partial charge in [0.1, 0.15) is 0 Å². The highest BCUT2D eigenvalue weighted by Crippen LogP contribution is 2.27. The van der Waals surface area contributed by atoms with Crippen molar-refractivity contribution in [2.24, 2.45) is 0 Å². The number of carbonyl (C=O) groups is 2. The van der Waals surface area contributed by atoms with Crippen LogP contribution in [0.15, 0.2) is 34.7 Å². The van der Waals surface area contributed by atoms with Gasteiger partial charge in [-0.15, -0.1) is 10.2 Å². The predicted octanol–water partition coefficient (Wildman–Crippen LogP) is 2.64. The molecule has 150 valence electrons. The molecule has 1 unspecified atom stereocenters. The van der Waals surface area contributed by atoms with E-state index in [4.69, 9.17) is 9.15 Å². The van der Waals surface area contributed by atoms with Crippen LogP contribution >= 0.6 is 0 Å². The van der Waals surface area contributed by atoms with Gasteiger partial charge in [0.05, 0.1) is 12.5 Å². The Balaban J connectivity index is 1.58. The minimum absolute atomic E-state index is 0.0408. The van der Waals surface area contributed by atoms with Crippen molar-refractivity contribution in [3.63, 3.8) is 0 Å². The number of nitrogens with zero attached hydrogens (tertiary/aromatic N) is 3. The first kappa shape index (κ1) is 19.9. The summed E-state index contributed by atoms with van der Waals surface area (Å²) in [5.41, 5.74) is 0.957. The maximum atomic E-state index is 12.7. The van der Waals surface area contributed by atoms with Gasteiger partial charge in [0.15, 0.2) is 0 Å². The number of piperidine rings is 1. The van der Waals surface area contributed by atoms with E-state index in [1.165, 1.54) is 0 Å². The van der Waals surface area contributed by atoms with E-state index in [0.29, 0.717) is 44.3 Å². The van der Waals surface area contributed by atoms with Gasteiger partial charge in [-0.3, -0.25) is 4.79 Å². The zero-order valence-corrected chi connectivity index (χ0v) is 16.3. The number of aromatic nitrogens is 2. The molecule has 0 bridgehead atoms. The molecule has 1 saturated heterocycles. The molecule has 28 heavy (non-hydrogen) atoms. The summed E-state index contributed by atoms with van der Waals surface area (Å²) in [5, 5.41) is 11.1. The fraction of sp³-hybridized carbons (Fsp3) is 0.500. The van der Waals surface area contributed by atoms with Crippen molar-refractivity contribution in [3.05, 3.63) is 47.7 Å². The summed E-state index contributed by atoms with van der Waals surface area (Å²) < 4.78 is 10.6. The number of aryl methyl sites for hydroxylation is 1. The summed E-state index contributed by atoms with van der Waals surface area (Å²) in [4.78, 5) is 26.1. The second kappa shape index (κ2) is 9.34. The molecule has 1 N–H and O–H groups in total. The van der Waals surface area contributed by atoms with Crippen LogP contribution in [-0.4, -0.2) is 52.8 Å². The Labute approximate surface area is 164 Å². The van der Waals surface area contributed by atoms with Crippen molar-refractivity contribution in [1.82, 2.24) is 20.4 Å². The molecule has 1 aliphatic heterocycles. The van der Waals surface area contributed by atoms with Gasteiger partial charge in [-0.25, -0.2) is 4.79 Å². The van der Waals surface area contributed by atoms with E-state index in [1.807, 2.05) is 30.3 Å². The van der Waals surface area contributed by atoms with E-state index in [0.717, 1.165) is 5.56 Å². The van der Waals surface area contributed by atoms with E-state index in [-0.39, 0.29) is 30.4 Å². The van der Waals surface area contributed by atoms with Gasteiger partial charge in [-0.1, -0.05) is 30.3 Å². The zero-order chi connectivity index (χ0) is 19.9. The largest absolute Gasteiger partial charge is 0.450 e. The summed E-state index contributed by atoms with van der Waals surface area (Å²) in [6.45, 7) is 5.05. The van der Waals surface area contributed by atoms with Gasteiger partial charge in [0.2, 0.25) is 17.7 Å². The lowest BCUT2D eigenvalue weighted by Crippen LogP contribution is -2.46. The SMILES string of the molecule is CCOC(=O)N1CCC(NC(=O)CC(c2ccccc2)c2nnc(C)o2)CC1. The maximum Gasteiger partial charge on any atom is 0.409 e. The molecule has 0 spiro atoms. The van der Waals surface area contributed by atoms with Crippen molar-refractivity contribution in [1.29, 1.82) is 0 Å². The summed E-state index contributed by atoms with van der Waals surface area (Å²) in [6.07, 6.45) is 1.35. The molecule has 1 atom stereocenters. The van der Waals surface area contributed by atoms with Crippen LogP contribution in [0.3, 0.4) is 0 Å². The molecule has 1 aromatic heterocycles. The molecule has 3 rings (SSSR count). The summed E-state index contributed by atoms with van der Waals surface area (Å²) in [6, 6.07) is 9.73. The molecule has 0 radical (unpaired) electrons. The molecule has 8 heteroatoms. The second-order valence-corrected chi connectivity index (χ2v) is 6.85. The number of ether oxygens (including phenoxy) is 1. The van der Waals surface area contributed by atoms with Gasteiger partial charge >= 0.3 is 6.09 Å². The van der Waals surface area contributed by atoms with E-state index in [2.05, 4.69) is 15.5 Å². The third kappa shape index (κ3) is 5.09. The molecule has 1 aliphatic rings. The molecule has 0 aliphatic carbocycles. The molecule has 1 fully saturated rings. The molecular weight excluding hydrogens is 360 g/mol. The Morgan fingerprint density at radius 1 is 1.25 bits per heavy atom. The lowest BCUT2D eigenvalue weighted by molar-refractivity contribution is -0.122. The van der Waals surface area contributed by atoms with Crippen LogP contribution < -0.4 is 5.32 Å². The monoisotopic (exact) mass is 386 g/mol. The van der Waals surface area contributed by atoms with Crippen molar-refractivity contribution in [3.8, 4) is 0 Å². The average Bonchev–Trinajstić information content (AvgIpc) is 3.13. The first-order chi connectivity index (χ1) is 13.6. The number of likely N-dealkylation sites (tertiary alicyclic amines) is 1. The van der Waals surface area contributed by atoms with E-state index >= 15 is 0 Å².